The predicted molar refractivity (Wildman–Crippen MR) is 111 cm³/mol. The lowest BCUT2D eigenvalue weighted by Crippen LogP contribution is -2.24. The van der Waals surface area contributed by atoms with Crippen molar-refractivity contribution in [3.63, 3.8) is 0 Å². The van der Waals surface area contributed by atoms with Crippen molar-refractivity contribution >= 4 is 16.5 Å². The summed E-state index contributed by atoms with van der Waals surface area (Å²) in [5.41, 5.74) is 4.71. The Morgan fingerprint density at radius 1 is 1.16 bits per heavy atom. The van der Waals surface area contributed by atoms with E-state index >= 15 is 0 Å². The van der Waals surface area contributed by atoms with Crippen molar-refractivity contribution in [1.82, 2.24) is 0 Å². The van der Waals surface area contributed by atoms with Gasteiger partial charge in [0.25, 0.3) is 0 Å². The first-order valence-corrected chi connectivity index (χ1v) is 8.85. The van der Waals surface area contributed by atoms with Crippen LogP contribution in [-0.2, 0) is 0 Å². The van der Waals surface area contributed by atoms with E-state index in [1.807, 2.05) is 25.2 Å². The molecule has 1 heteroatoms. The lowest BCUT2D eigenvalue weighted by atomic mass is 9.78. The van der Waals surface area contributed by atoms with E-state index in [4.69, 9.17) is 4.99 Å². The molecule has 2 aromatic rings. The molecule has 0 saturated heterocycles. The van der Waals surface area contributed by atoms with Gasteiger partial charge in [-0.25, -0.2) is 0 Å². The molecule has 0 aliphatic carbocycles. The van der Waals surface area contributed by atoms with E-state index in [1.54, 1.807) is 0 Å². The second-order valence-electron chi connectivity index (χ2n) is 6.50. The molecule has 0 bridgehead atoms. The first kappa shape index (κ1) is 17.2. The molecule has 1 nitrogen and oxygen atoms in total. The standard InChI is InChI=1S/C24H25N/c1-5-10-17(4)13-15-20-21-16-14-18-11-8-9-12-19(18)24(21)23(7-3)25-22(20)6-2/h5-12,14,16,20,22H,2-4,13,15H2,1H3/b10-5-. The second kappa shape index (κ2) is 7.48. The molecule has 2 unspecified atom stereocenters. The van der Waals surface area contributed by atoms with Gasteiger partial charge in [0.1, 0.15) is 0 Å². The minimum Gasteiger partial charge on any atom is -0.277 e. The van der Waals surface area contributed by atoms with Crippen molar-refractivity contribution in [1.29, 1.82) is 0 Å². The summed E-state index contributed by atoms with van der Waals surface area (Å²) in [6, 6.07) is 13.1. The summed E-state index contributed by atoms with van der Waals surface area (Å²) in [5.74, 6) is 0.322. The molecule has 0 saturated carbocycles. The molecule has 0 radical (unpaired) electrons. The Labute approximate surface area is 150 Å². The van der Waals surface area contributed by atoms with E-state index in [-0.39, 0.29) is 6.04 Å². The number of aliphatic imine (C=N–C) groups is 1. The fourth-order valence-corrected chi connectivity index (χ4v) is 3.74. The van der Waals surface area contributed by atoms with Gasteiger partial charge in [0.05, 0.1) is 11.8 Å². The van der Waals surface area contributed by atoms with Crippen LogP contribution in [0.25, 0.3) is 10.8 Å². The second-order valence-corrected chi connectivity index (χ2v) is 6.50. The van der Waals surface area contributed by atoms with E-state index < -0.39 is 0 Å². The maximum absolute atomic E-state index is 4.95. The first-order valence-electron chi connectivity index (χ1n) is 8.85. The number of hydrogen-bond acceptors (Lipinski definition) is 1. The van der Waals surface area contributed by atoms with Crippen LogP contribution in [0.3, 0.4) is 0 Å². The molecule has 3 rings (SSSR count). The molecule has 0 spiro atoms. The fourth-order valence-electron chi connectivity index (χ4n) is 3.74. The van der Waals surface area contributed by atoms with Crippen LogP contribution in [0.1, 0.15) is 36.8 Å². The number of benzene rings is 2. The number of hydrogen-bond donors (Lipinski definition) is 0. The largest absolute Gasteiger partial charge is 0.277 e. The van der Waals surface area contributed by atoms with Crippen molar-refractivity contribution in [3.8, 4) is 0 Å². The van der Waals surface area contributed by atoms with Gasteiger partial charge in [0.15, 0.2) is 0 Å². The van der Waals surface area contributed by atoms with Crippen LogP contribution in [0, 0.1) is 0 Å². The number of fused-ring (bicyclic) bond motifs is 3. The highest BCUT2D eigenvalue weighted by Gasteiger charge is 2.29. The van der Waals surface area contributed by atoms with Crippen molar-refractivity contribution in [2.45, 2.75) is 31.7 Å². The SMILES string of the molecule is C=CC1=NC(C=C)C(CCC(=C)/C=C\C)c2ccc3ccccc3c21. The minimum absolute atomic E-state index is 0.0834. The van der Waals surface area contributed by atoms with Gasteiger partial charge in [-0.05, 0) is 42.2 Å². The van der Waals surface area contributed by atoms with Crippen LogP contribution in [0.4, 0.5) is 0 Å². The van der Waals surface area contributed by atoms with E-state index in [1.165, 1.54) is 21.9 Å². The van der Waals surface area contributed by atoms with Crippen LogP contribution in [0.5, 0.6) is 0 Å². The molecular formula is C24H25N. The molecule has 25 heavy (non-hydrogen) atoms. The molecule has 0 amide bonds. The fraction of sp³-hybridized carbons (Fsp3) is 0.208. The highest BCUT2D eigenvalue weighted by molar-refractivity contribution is 6.18. The van der Waals surface area contributed by atoms with Crippen LogP contribution >= 0.6 is 0 Å². The molecule has 1 aliphatic heterocycles. The lowest BCUT2D eigenvalue weighted by molar-refractivity contribution is 0.561. The molecule has 0 aromatic heterocycles. The van der Waals surface area contributed by atoms with Gasteiger partial charge in [-0.2, -0.15) is 0 Å². The summed E-state index contributed by atoms with van der Waals surface area (Å²) in [6.45, 7) is 14.2. The third-order valence-electron chi connectivity index (χ3n) is 4.93. The molecule has 1 aliphatic rings. The van der Waals surface area contributed by atoms with Gasteiger partial charge in [-0.15, -0.1) is 6.58 Å². The van der Waals surface area contributed by atoms with E-state index in [2.05, 4.69) is 62.2 Å². The third-order valence-corrected chi connectivity index (χ3v) is 4.93. The van der Waals surface area contributed by atoms with E-state index in [9.17, 15) is 0 Å². The van der Waals surface area contributed by atoms with E-state index in [0.29, 0.717) is 5.92 Å². The zero-order valence-corrected chi connectivity index (χ0v) is 14.9. The van der Waals surface area contributed by atoms with Gasteiger partial charge in [0, 0.05) is 11.5 Å². The van der Waals surface area contributed by atoms with Crippen molar-refractivity contribution in [2.24, 2.45) is 4.99 Å². The lowest BCUT2D eigenvalue weighted by Gasteiger charge is -2.30. The average Bonchev–Trinajstić information content (AvgIpc) is 2.65. The van der Waals surface area contributed by atoms with Gasteiger partial charge < -0.3 is 0 Å². The smallest absolute Gasteiger partial charge is 0.0753 e. The van der Waals surface area contributed by atoms with Gasteiger partial charge in [-0.1, -0.05) is 73.4 Å². The molecule has 126 valence electrons. The number of rotatable bonds is 6. The summed E-state index contributed by atoms with van der Waals surface area (Å²) in [5, 5.41) is 2.49. The zero-order valence-electron chi connectivity index (χ0n) is 14.9. The highest BCUT2D eigenvalue weighted by atomic mass is 14.8. The van der Waals surface area contributed by atoms with Crippen molar-refractivity contribution in [3.05, 3.63) is 97.1 Å². The summed E-state index contributed by atoms with van der Waals surface area (Å²) in [6.07, 6.45) is 9.94. The molecule has 0 fully saturated rings. The normalized spacial score (nSPS) is 19.5. The highest BCUT2D eigenvalue weighted by Crippen LogP contribution is 2.39. The summed E-state index contributed by atoms with van der Waals surface area (Å²) in [4.78, 5) is 4.95. The quantitative estimate of drug-likeness (QED) is 0.431. The molecular weight excluding hydrogens is 302 g/mol. The van der Waals surface area contributed by atoms with Gasteiger partial charge in [-0.3, -0.25) is 4.99 Å². The summed E-state index contributed by atoms with van der Waals surface area (Å²) >= 11 is 0. The number of nitrogens with zero attached hydrogens (tertiary/aromatic N) is 1. The van der Waals surface area contributed by atoms with Crippen LogP contribution in [0.15, 0.2) is 91.0 Å². The molecule has 2 atom stereocenters. The third kappa shape index (κ3) is 3.28. The topological polar surface area (TPSA) is 12.4 Å². The maximum Gasteiger partial charge on any atom is 0.0753 e. The minimum atomic E-state index is 0.0834. The van der Waals surface area contributed by atoms with Crippen molar-refractivity contribution in [2.75, 3.05) is 0 Å². The van der Waals surface area contributed by atoms with Crippen LogP contribution < -0.4 is 0 Å². The van der Waals surface area contributed by atoms with Crippen LogP contribution in [-0.4, -0.2) is 11.8 Å². The Balaban J connectivity index is 2.10. The Kier molecular flexibility index (Phi) is 5.14. The predicted octanol–water partition coefficient (Wildman–Crippen LogP) is 6.38. The number of allylic oxidation sites excluding steroid dienone is 4. The molecule has 2 aromatic carbocycles. The summed E-state index contributed by atoms with van der Waals surface area (Å²) in [7, 11) is 0. The van der Waals surface area contributed by atoms with Gasteiger partial charge >= 0.3 is 0 Å². The maximum atomic E-state index is 4.95. The Morgan fingerprint density at radius 2 is 1.96 bits per heavy atom. The van der Waals surface area contributed by atoms with Crippen molar-refractivity contribution < 1.29 is 0 Å². The Morgan fingerprint density at radius 3 is 2.68 bits per heavy atom. The molecule has 1 heterocycles. The zero-order chi connectivity index (χ0) is 17.8. The molecule has 0 N–H and O–H groups in total. The Bertz CT molecular complexity index is 882. The average molecular weight is 327 g/mol. The Hall–Kier alpha value is -2.67. The monoisotopic (exact) mass is 327 g/mol. The van der Waals surface area contributed by atoms with E-state index in [0.717, 1.165) is 24.1 Å². The first-order chi connectivity index (χ1) is 12.2. The van der Waals surface area contributed by atoms with Gasteiger partial charge in [0.2, 0.25) is 0 Å². The van der Waals surface area contributed by atoms with Crippen LogP contribution in [0.2, 0.25) is 0 Å². The summed E-state index contributed by atoms with van der Waals surface area (Å²) < 4.78 is 0.